The third kappa shape index (κ3) is 5.87. The smallest absolute Gasteiger partial charge is 0.308 e. The summed E-state index contributed by atoms with van der Waals surface area (Å²) in [6.45, 7) is 5.73. The Morgan fingerprint density at radius 2 is 1.85 bits per heavy atom. The van der Waals surface area contributed by atoms with E-state index in [-0.39, 0.29) is 30.4 Å². The van der Waals surface area contributed by atoms with Crippen LogP contribution in [-0.2, 0) is 9.53 Å². The zero-order valence-electron chi connectivity index (χ0n) is 12.4. The lowest BCUT2D eigenvalue weighted by molar-refractivity contribution is -0.148. The Morgan fingerprint density at radius 3 is 2.45 bits per heavy atom. The Morgan fingerprint density at radius 1 is 1.20 bits per heavy atom. The second-order valence-corrected chi connectivity index (χ2v) is 5.03. The first kappa shape index (κ1) is 16.2. The van der Waals surface area contributed by atoms with E-state index >= 15 is 0 Å². The van der Waals surface area contributed by atoms with Gasteiger partial charge in [-0.15, -0.1) is 0 Å². The normalized spacial score (nSPS) is 13.3. The molecular formula is C16H23NO3. The first-order valence-electron chi connectivity index (χ1n) is 7.08. The average molecular weight is 277 g/mol. The van der Waals surface area contributed by atoms with Crippen molar-refractivity contribution < 1.29 is 14.3 Å². The Balaban J connectivity index is 2.38. The lowest BCUT2D eigenvalue weighted by Gasteiger charge is -2.16. The van der Waals surface area contributed by atoms with E-state index in [1.54, 1.807) is 31.2 Å². The zero-order valence-corrected chi connectivity index (χ0v) is 12.4. The molecule has 0 aromatic heterocycles. The Labute approximate surface area is 120 Å². The van der Waals surface area contributed by atoms with Gasteiger partial charge < -0.3 is 10.1 Å². The number of rotatable bonds is 7. The molecule has 4 heteroatoms. The van der Waals surface area contributed by atoms with Crippen molar-refractivity contribution in [3.05, 3.63) is 35.9 Å². The van der Waals surface area contributed by atoms with Gasteiger partial charge >= 0.3 is 5.97 Å². The molecule has 2 atom stereocenters. The van der Waals surface area contributed by atoms with E-state index in [0.717, 1.165) is 12.8 Å². The van der Waals surface area contributed by atoms with Crippen LogP contribution in [0.5, 0.6) is 0 Å². The highest BCUT2D eigenvalue weighted by molar-refractivity contribution is 5.94. The van der Waals surface area contributed by atoms with Gasteiger partial charge in [0.25, 0.3) is 5.91 Å². The summed E-state index contributed by atoms with van der Waals surface area (Å²) in [7, 11) is 0. The number of nitrogens with one attached hydrogen (secondary N) is 1. The average Bonchev–Trinajstić information content (AvgIpc) is 2.39. The summed E-state index contributed by atoms with van der Waals surface area (Å²) in [5.41, 5.74) is 0.590. The molecule has 0 spiro atoms. The summed E-state index contributed by atoms with van der Waals surface area (Å²) >= 11 is 0. The molecule has 110 valence electrons. The highest BCUT2D eigenvalue weighted by Crippen LogP contribution is 2.05. The third-order valence-corrected chi connectivity index (χ3v) is 2.91. The van der Waals surface area contributed by atoms with Gasteiger partial charge in [-0.25, -0.2) is 0 Å². The molecule has 0 saturated heterocycles. The van der Waals surface area contributed by atoms with Crippen molar-refractivity contribution in [2.45, 2.75) is 52.2 Å². The predicted octanol–water partition coefficient (Wildman–Crippen LogP) is 2.93. The minimum atomic E-state index is -0.271. The predicted molar refractivity (Wildman–Crippen MR) is 78.4 cm³/mol. The lowest BCUT2D eigenvalue weighted by Crippen LogP contribution is -2.35. The van der Waals surface area contributed by atoms with Crippen molar-refractivity contribution in [1.82, 2.24) is 5.32 Å². The number of hydrogen-bond donors (Lipinski definition) is 1. The first-order valence-corrected chi connectivity index (χ1v) is 7.08. The van der Waals surface area contributed by atoms with Gasteiger partial charge in [0.15, 0.2) is 0 Å². The first-order chi connectivity index (χ1) is 9.52. The molecule has 20 heavy (non-hydrogen) atoms. The SMILES string of the molecule is CCCC(C)OC(=O)CC(C)NC(=O)c1ccccc1. The van der Waals surface area contributed by atoms with Crippen LogP contribution in [0.3, 0.4) is 0 Å². The Hall–Kier alpha value is -1.84. The van der Waals surface area contributed by atoms with Crippen LogP contribution < -0.4 is 5.32 Å². The highest BCUT2D eigenvalue weighted by Gasteiger charge is 2.15. The number of benzene rings is 1. The van der Waals surface area contributed by atoms with Crippen LogP contribution in [0.4, 0.5) is 0 Å². The number of esters is 1. The minimum Gasteiger partial charge on any atom is -0.463 e. The van der Waals surface area contributed by atoms with Crippen LogP contribution in [0.15, 0.2) is 30.3 Å². The number of ether oxygens (including phenoxy) is 1. The molecule has 1 aromatic carbocycles. The van der Waals surface area contributed by atoms with Gasteiger partial charge in [-0.3, -0.25) is 9.59 Å². The number of carbonyl (C=O) groups is 2. The van der Waals surface area contributed by atoms with Crippen molar-refractivity contribution in [3.8, 4) is 0 Å². The minimum absolute atomic E-state index is 0.0653. The molecule has 1 rings (SSSR count). The highest BCUT2D eigenvalue weighted by atomic mass is 16.5. The summed E-state index contributed by atoms with van der Waals surface area (Å²) in [5.74, 6) is -0.445. The second-order valence-electron chi connectivity index (χ2n) is 5.03. The Bertz CT molecular complexity index is 431. The molecule has 0 bridgehead atoms. The summed E-state index contributed by atoms with van der Waals surface area (Å²) in [6.07, 6.45) is 1.96. The molecule has 1 amide bonds. The van der Waals surface area contributed by atoms with Crippen LogP contribution in [0, 0.1) is 0 Å². The van der Waals surface area contributed by atoms with E-state index in [4.69, 9.17) is 4.74 Å². The fraction of sp³-hybridized carbons (Fsp3) is 0.500. The lowest BCUT2D eigenvalue weighted by atomic mass is 10.2. The van der Waals surface area contributed by atoms with Gasteiger partial charge in [-0.1, -0.05) is 31.5 Å². The van der Waals surface area contributed by atoms with Crippen LogP contribution in [0.25, 0.3) is 0 Å². The standard InChI is InChI=1S/C16H23NO3/c1-4-8-13(3)20-15(18)11-12(2)17-16(19)14-9-6-5-7-10-14/h5-7,9-10,12-13H,4,8,11H2,1-3H3,(H,17,19). The fourth-order valence-corrected chi connectivity index (χ4v) is 1.94. The van der Waals surface area contributed by atoms with Gasteiger partial charge in [0.2, 0.25) is 0 Å². The van der Waals surface area contributed by atoms with E-state index in [1.807, 2.05) is 19.9 Å². The molecular weight excluding hydrogens is 254 g/mol. The maximum absolute atomic E-state index is 11.9. The molecule has 0 heterocycles. The molecule has 1 aromatic rings. The number of hydrogen-bond acceptors (Lipinski definition) is 3. The summed E-state index contributed by atoms with van der Waals surface area (Å²) in [4.78, 5) is 23.6. The Kier molecular flexibility index (Phi) is 6.77. The number of amides is 1. The molecule has 0 aliphatic rings. The largest absolute Gasteiger partial charge is 0.463 e. The van der Waals surface area contributed by atoms with Crippen LogP contribution in [-0.4, -0.2) is 24.0 Å². The van der Waals surface area contributed by atoms with E-state index in [0.29, 0.717) is 5.56 Å². The molecule has 1 N–H and O–H groups in total. The van der Waals surface area contributed by atoms with Crippen molar-refractivity contribution in [1.29, 1.82) is 0 Å². The molecule has 2 unspecified atom stereocenters. The summed E-state index contributed by atoms with van der Waals surface area (Å²) < 4.78 is 5.26. The van der Waals surface area contributed by atoms with E-state index in [2.05, 4.69) is 5.32 Å². The van der Waals surface area contributed by atoms with Crippen LogP contribution in [0.2, 0.25) is 0 Å². The third-order valence-electron chi connectivity index (χ3n) is 2.91. The van der Waals surface area contributed by atoms with Gasteiger partial charge in [0.1, 0.15) is 0 Å². The van der Waals surface area contributed by atoms with E-state index < -0.39 is 0 Å². The monoisotopic (exact) mass is 277 g/mol. The van der Waals surface area contributed by atoms with Crippen molar-refractivity contribution in [2.24, 2.45) is 0 Å². The fourth-order valence-electron chi connectivity index (χ4n) is 1.94. The summed E-state index contributed by atoms with van der Waals surface area (Å²) in [5, 5.41) is 2.79. The maximum Gasteiger partial charge on any atom is 0.308 e. The van der Waals surface area contributed by atoms with Gasteiger partial charge in [-0.05, 0) is 32.4 Å². The topological polar surface area (TPSA) is 55.4 Å². The zero-order chi connectivity index (χ0) is 15.0. The molecule has 0 radical (unpaired) electrons. The molecule has 0 fully saturated rings. The molecule has 4 nitrogen and oxygen atoms in total. The quantitative estimate of drug-likeness (QED) is 0.780. The van der Waals surface area contributed by atoms with Gasteiger partial charge in [0.05, 0.1) is 12.5 Å². The maximum atomic E-state index is 11.9. The number of carbonyl (C=O) groups excluding carboxylic acids is 2. The van der Waals surface area contributed by atoms with E-state index in [1.165, 1.54) is 0 Å². The van der Waals surface area contributed by atoms with Crippen LogP contribution >= 0.6 is 0 Å². The van der Waals surface area contributed by atoms with E-state index in [9.17, 15) is 9.59 Å². The molecule has 0 aliphatic carbocycles. The van der Waals surface area contributed by atoms with Crippen molar-refractivity contribution in [2.75, 3.05) is 0 Å². The van der Waals surface area contributed by atoms with Crippen molar-refractivity contribution >= 4 is 11.9 Å². The van der Waals surface area contributed by atoms with Crippen LogP contribution in [0.1, 0.15) is 50.4 Å². The molecule has 0 saturated carbocycles. The second kappa shape index (κ2) is 8.35. The summed E-state index contributed by atoms with van der Waals surface area (Å²) in [6, 6.07) is 8.70. The van der Waals surface area contributed by atoms with Gasteiger partial charge in [-0.2, -0.15) is 0 Å². The molecule has 0 aliphatic heterocycles. The van der Waals surface area contributed by atoms with Crippen molar-refractivity contribution in [3.63, 3.8) is 0 Å². The van der Waals surface area contributed by atoms with Gasteiger partial charge in [0, 0.05) is 11.6 Å².